The van der Waals surface area contributed by atoms with E-state index in [1.165, 1.54) is 6.07 Å². The number of hydrogen-bond acceptors (Lipinski definition) is 3. The molecule has 1 heterocycles. The van der Waals surface area contributed by atoms with Gasteiger partial charge in [-0.2, -0.15) is 5.26 Å². The lowest BCUT2D eigenvalue weighted by molar-refractivity contribution is -0.276. The van der Waals surface area contributed by atoms with Crippen LogP contribution in [0.15, 0.2) is 12.1 Å². The van der Waals surface area contributed by atoms with Crippen LogP contribution >= 0.6 is 22.6 Å². The van der Waals surface area contributed by atoms with Crippen molar-refractivity contribution in [3.63, 3.8) is 0 Å². The molecule has 0 amide bonds. The minimum atomic E-state index is -4.74. The number of nitriles is 1. The van der Waals surface area contributed by atoms with Gasteiger partial charge in [0.15, 0.2) is 0 Å². The molecule has 80 valence electrons. The number of alkyl halides is 3. The minimum absolute atomic E-state index is 0.109. The van der Waals surface area contributed by atoms with E-state index in [0.29, 0.717) is 9.26 Å². The molecule has 0 aliphatic carbocycles. The summed E-state index contributed by atoms with van der Waals surface area (Å²) in [6, 6.07) is 4.36. The van der Waals surface area contributed by atoms with Crippen LogP contribution in [0.5, 0.6) is 5.88 Å². The third-order valence-corrected chi connectivity index (χ3v) is 2.32. The first-order valence-electron chi connectivity index (χ1n) is 3.70. The van der Waals surface area contributed by atoms with E-state index in [0.717, 1.165) is 6.07 Å². The van der Waals surface area contributed by atoms with E-state index in [2.05, 4.69) is 9.72 Å². The van der Waals surface area contributed by atoms with Gasteiger partial charge < -0.3 is 4.74 Å². The van der Waals surface area contributed by atoms with E-state index >= 15 is 0 Å². The van der Waals surface area contributed by atoms with E-state index in [-0.39, 0.29) is 6.42 Å². The molecular formula is C8H4F3IN2O. The van der Waals surface area contributed by atoms with Gasteiger partial charge in [-0.25, -0.2) is 4.98 Å². The van der Waals surface area contributed by atoms with E-state index in [1.807, 2.05) is 6.07 Å². The summed E-state index contributed by atoms with van der Waals surface area (Å²) in [6.07, 6.45) is -4.63. The van der Waals surface area contributed by atoms with E-state index in [9.17, 15) is 13.2 Å². The Bertz CT molecular complexity index is 400. The van der Waals surface area contributed by atoms with Crippen LogP contribution in [0.3, 0.4) is 0 Å². The van der Waals surface area contributed by atoms with Crippen LogP contribution in [0.2, 0.25) is 0 Å². The molecule has 1 aromatic heterocycles. The zero-order chi connectivity index (χ0) is 11.5. The smallest absolute Gasteiger partial charge is 0.388 e. The van der Waals surface area contributed by atoms with Crippen LogP contribution in [0.25, 0.3) is 0 Å². The van der Waals surface area contributed by atoms with Crippen LogP contribution in [-0.4, -0.2) is 11.3 Å². The predicted octanol–water partition coefficient (Wildman–Crippen LogP) is 2.65. The Labute approximate surface area is 97.0 Å². The fourth-order valence-electron chi connectivity index (χ4n) is 0.839. The first-order valence-corrected chi connectivity index (χ1v) is 4.78. The first-order chi connectivity index (χ1) is 6.92. The maximum atomic E-state index is 11.8. The summed E-state index contributed by atoms with van der Waals surface area (Å²) in [6.45, 7) is 0. The van der Waals surface area contributed by atoms with Crippen molar-refractivity contribution < 1.29 is 17.9 Å². The number of aromatic nitrogens is 1. The third-order valence-electron chi connectivity index (χ3n) is 1.39. The molecule has 1 rings (SSSR count). The van der Waals surface area contributed by atoms with Crippen molar-refractivity contribution in [1.29, 1.82) is 5.26 Å². The second-order valence-electron chi connectivity index (χ2n) is 2.48. The molecule has 1 aromatic rings. The van der Waals surface area contributed by atoms with E-state index in [4.69, 9.17) is 5.26 Å². The van der Waals surface area contributed by atoms with Gasteiger partial charge in [-0.3, -0.25) is 0 Å². The molecule has 0 atom stereocenters. The minimum Gasteiger partial charge on any atom is -0.388 e. The van der Waals surface area contributed by atoms with Gasteiger partial charge in [0, 0.05) is 6.07 Å². The van der Waals surface area contributed by atoms with Gasteiger partial charge in [-0.1, -0.05) is 0 Å². The van der Waals surface area contributed by atoms with Gasteiger partial charge >= 0.3 is 6.36 Å². The zero-order valence-electron chi connectivity index (χ0n) is 7.18. The lowest BCUT2D eigenvalue weighted by atomic mass is 10.2. The summed E-state index contributed by atoms with van der Waals surface area (Å²) < 4.78 is 39.4. The third kappa shape index (κ3) is 3.91. The number of pyridine rings is 1. The van der Waals surface area contributed by atoms with Crippen molar-refractivity contribution in [3.8, 4) is 11.9 Å². The fraction of sp³-hybridized carbons (Fsp3) is 0.250. The molecule has 0 aromatic carbocycles. The Kier molecular flexibility index (Phi) is 3.73. The molecule has 0 aliphatic rings. The van der Waals surface area contributed by atoms with Gasteiger partial charge in [0.2, 0.25) is 5.88 Å². The average Bonchev–Trinajstić information content (AvgIpc) is 2.07. The van der Waals surface area contributed by atoms with Gasteiger partial charge in [0.25, 0.3) is 0 Å². The molecule has 0 unspecified atom stereocenters. The second kappa shape index (κ2) is 4.65. The molecule has 0 N–H and O–H groups in total. The fourth-order valence-corrected chi connectivity index (χ4v) is 1.45. The highest BCUT2D eigenvalue weighted by Crippen LogP contribution is 2.22. The van der Waals surface area contributed by atoms with Crippen molar-refractivity contribution in [2.75, 3.05) is 0 Å². The Hall–Kier alpha value is -1.04. The monoisotopic (exact) mass is 328 g/mol. The van der Waals surface area contributed by atoms with Crippen LogP contribution in [0, 0.1) is 15.0 Å². The summed E-state index contributed by atoms with van der Waals surface area (Å²) in [5.41, 5.74) is 0.577. The van der Waals surface area contributed by atoms with Crippen LogP contribution in [-0.2, 0) is 6.42 Å². The lowest BCUT2D eigenvalue weighted by Crippen LogP contribution is -2.18. The highest BCUT2D eigenvalue weighted by molar-refractivity contribution is 14.1. The maximum absolute atomic E-state index is 11.8. The van der Waals surface area contributed by atoms with Crippen molar-refractivity contribution in [3.05, 3.63) is 21.4 Å². The Morgan fingerprint density at radius 3 is 2.60 bits per heavy atom. The maximum Gasteiger partial charge on any atom is 0.574 e. The predicted molar refractivity (Wildman–Crippen MR) is 53.0 cm³/mol. The molecule has 0 spiro atoms. The van der Waals surface area contributed by atoms with Crippen LogP contribution in [0.4, 0.5) is 13.2 Å². The summed E-state index contributed by atoms with van der Waals surface area (Å²) in [7, 11) is 0. The van der Waals surface area contributed by atoms with Gasteiger partial charge in [-0.15, -0.1) is 13.2 Å². The van der Waals surface area contributed by atoms with Gasteiger partial charge in [0.1, 0.15) is 3.70 Å². The Morgan fingerprint density at radius 1 is 1.47 bits per heavy atom. The van der Waals surface area contributed by atoms with Crippen LogP contribution < -0.4 is 4.74 Å². The summed E-state index contributed by atoms with van der Waals surface area (Å²) in [5, 5.41) is 8.41. The molecule has 0 saturated heterocycles. The van der Waals surface area contributed by atoms with Gasteiger partial charge in [-0.05, 0) is 34.2 Å². The largest absolute Gasteiger partial charge is 0.574 e. The molecule has 15 heavy (non-hydrogen) atoms. The standard InChI is InChI=1S/C8H4F3IN2O/c9-8(10,11)15-6-2-1-5(3-4-13)7(12)14-6/h1-2H,3H2. The molecule has 0 radical (unpaired) electrons. The molecule has 0 saturated carbocycles. The van der Waals surface area contributed by atoms with Crippen molar-refractivity contribution in [2.24, 2.45) is 0 Å². The number of hydrogen-bond donors (Lipinski definition) is 0. The van der Waals surface area contributed by atoms with E-state index in [1.54, 1.807) is 22.6 Å². The summed E-state index contributed by atoms with van der Waals surface area (Å²) >= 11 is 1.75. The SMILES string of the molecule is N#CCc1ccc(OC(F)(F)F)nc1I. The van der Waals surface area contributed by atoms with Crippen molar-refractivity contribution in [2.45, 2.75) is 12.8 Å². The Balaban J connectivity index is 2.88. The highest BCUT2D eigenvalue weighted by atomic mass is 127. The van der Waals surface area contributed by atoms with Crippen molar-refractivity contribution >= 4 is 22.6 Å². The Morgan fingerprint density at radius 2 is 2.13 bits per heavy atom. The quantitative estimate of drug-likeness (QED) is 0.619. The van der Waals surface area contributed by atoms with Crippen LogP contribution in [0.1, 0.15) is 5.56 Å². The number of rotatable bonds is 2. The molecule has 0 aliphatic heterocycles. The number of halogens is 4. The highest BCUT2D eigenvalue weighted by Gasteiger charge is 2.31. The van der Waals surface area contributed by atoms with Gasteiger partial charge in [0.05, 0.1) is 12.5 Å². The zero-order valence-corrected chi connectivity index (χ0v) is 9.33. The summed E-state index contributed by atoms with van der Waals surface area (Å²) in [4.78, 5) is 3.57. The first kappa shape index (κ1) is 12.0. The second-order valence-corrected chi connectivity index (χ2v) is 3.50. The normalized spacial score (nSPS) is 10.9. The summed E-state index contributed by atoms with van der Waals surface area (Å²) in [5.74, 6) is -0.520. The molecule has 0 bridgehead atoms. The number of ether oxygens (including phenoxy) is 1. The van der Waals surface area contributed by atoms with E-state index < -0.39 is 12.2 Å². The lowest BCUT2D eigenvalue weighted by Gasteiger charge is -2.08. The molecule has 0 fully saturated rings. The topological polar surface area (TPSA) is 45.9 Å². The number of nitrogens with zero attached hydrogens (tertiary/aromatic N) is 2. The molecule has 7 heteroatoms. The molecular weight excluding hydrogens is 324 g/mol. The molecule has 3 nitrogen and oxygen atoms in total. The average molecular weight is 328 g/mol. The van der Waals surface area contributed by atoms with Crippen molar-refractivity contribution in [1.82, 2.24) is 4.98 Å².